The number of nitrogens with zero attached hydrogens (tertiary/aromatic N) is 2. The van der Waals surface area contributed by atoms with E-state index in [-0.39, 0.29) is 5.76 Å². The number of aromatic nitrogens is 2. The Hall–Kier alpha value is -2.54. The molecule has 124 valence electrons. The second-order valence-electron chi connectivity index (χ2n) is 5.23. The van der Waals surface area contributed by atoms with Crippen LogP contribution in [0.1, 0.15) is 27.2 Å². The molecule has 0 spiro atoms. The SMILES string of the molecule is COC(=O)c1occc1CSc1nnc(-c2ccc(C)c(C)c2)o1. The van der Waals surface area contributed by atoms with Gasteiger partial charge in [-0.25, -0.2) is 4.79 Å². The Kier molecular flexibility index (Phi) is 4.71. The van der Waals surface area contributed by atoms with E-state index in [2.05, 4.69) is 21.9 Å². The lowest BCUT2D eigenvalue weighted by molar-refractivity contribution is 0.0564. The number of rotatable bonds is 5. The van der Waals surface area contributed by atoms with Gasteiger partial charge in [0.15, 0.2) is 0 Å². The number of hydrogen-bond acceptors (Lipinski definition) is 7. The number of carbonyl (C=O) groups excluding carboxylic acids is 1. The molecule has 0 unspecified atom stereocenters. The molecule has 0 bridgehead atoms. The predicted octanol–water partition coefficient (Wildman–Crippen LogP) is 4.03. The summed E-state index contributed by atoms with van der Waals surface area (Å²) < 4.78 is 15.5. The van der Waals surface area contributed by atoms with Crippen LogP contribution in [0.5, 0.6) is 0 Å². The van der Waals surface area contributed by atoms with Gasteiger partial charge in [-0.1, -0.05) is 17.8 Å². The zero-order chi connectivity index (χ0) is 17.1. The summed E-state index contributed by atoms with van der Waals surface area (Å²) in [6.07, 6.45) is 1.45. The largest absolute Gasteiger partial charge is 0.463 e. The first kappa shape index (κ1) is 16.3. The van der Waals surface area contributed by atoms with E-state index in [1.54, 1.807) is 6.07 Å². The summed E-state index contributed by atoms with van der Waals surface area (Å²) in [6.45, 7) is 4.09. The van der Waals surface area contributed by atoms with Gasteiger partial charge in [-0.05, 0) is 43.2 Å². The number of benzene rings is 1. The van der Waals surface area contributed by atoms with E-state index in [0.717, 1.165) is 11.1 Å². The minimum atomic E-state index is -0.503. The van der Waals surface area contributed by atoms with E-state index in [9.17, 15) is 4.79 Å². The molecule has 0 amide bonds. The molecule has 2 aromatic heterocycles. The molecule has 0 saturated heterocycles. The molecule has 0 aliphatic heterocycles. The molecular formula is C17H16N2O4S. The second-order valence-corrected chi connectivity index (χ2v) is 6.15. The average molecular weight is 344 g/mol. The molecule has 1 aromatic carbocycles. The fraction of sp³-hybridized carbons (Fsp3) is 0.235. The zero-order valence-electron chi connectivity index (χ0n) is 13.5. The minimum absolute atomic E-state index is 0.193. The number of methoxy groups -OCH3 is 1. The first-order valence-corrected chi connectivity index (χ1v) is 8.25. The highest BCUT2D eigenvalue weighted by molar-refractivity contribution is 7.98. The summed E-state index contributed by atoms with van der Waals surface area (Å²) in [7, 11) is 1.32. The normalized spacial score (nSPS) is 10.8. The Bertz CT molecular complexity index is 869. The van der Waals surface area contributed by atoms with Crippen molar-refractivity contribution in [3.05, 3.63) is 53.0 Å². The van der Waals surface area contributed by atoms with E-state index in [1.165, 1.54) is 36.3 Å². The number of thioether (sulfide) groups is 1. The topological polar surface area (TPSA) is 78.4 Å². The van der Waals surface area contributed by atoms with Crippen molar-refractivity contribution in [1.82, 2.24) is 10.2 Å². The van der Waals surface area contributed by atoms with Gasteiger partial charge >= 0.3 is 5.97 Å². The summed E-state index contributed by atoms with van der Waals surface area (Å²) in [6, 6.07) is 7.72. The van der Waals surface area contributed by atoms with Gasteiger partial charge < -0.3 is 13.6 Å². The van der Waals surface area contributed by atoms with Gasteiger partial charge in [0.1, 0.15) is 0 Å². The van der Waals surface area contributed by atoms with Gasteiger partial charge in [0.25, 0.3) is 5.22 Å². The van der Waals surface area contributed by atoms with Crippen molar-refractivity contribution in [2.24, 2.45) is 0 Å². The van der Waals surface area contributed by atoms with Crippen molar-refractivity contribution in [2.45, 2.75) is 24.8 Å². The maximum Gasteiger partial charge on any atom is 0.374 e. The van der Waals surface area contributed by atoms with Gasteiger partial charge in [0.05, 0.1) is 13.4 Å². The third kappa shape index (κ3) is 3.35. The highest BCUT2D eigenvalue weighted by Gasteiger charge is 2.17. The van der Waals surface area contributed by atoms with E-state index in [0.29, 0.717) is 16.9 Å². The molecule has 0 aliphatic rings. The third-order valence-electron chi connectivity index (χ3n) is 3.63. The Balaban J connectivity index is 1.72. The lowest BCUT2D eigenvalue weighted by Gasteiger charge is -2.01. The smallest absolute Gasteiger partial charge is 0.374 e. The Morgan fingerprint density at radius 1 is 1.21 bits per heavy atom. The monoisotopic (exact) mass is 344 g/mol. The molecule has 0 N–H and O–H groups in total. The number of furan rings is 1. The van der Waals surface area contributed by atoms with Crippen molar-refractivity contribution in [2.75, 3.05) is 7.11 Å². The maximum absolute atomic E-state index is 11.6. The molecule has 6 nitrogen and oxygen atoms in total. The number of hydrogen-bond donors (Lipinski definition) is 0. The Morgan fingerprint density at radius 3 is 2.79 bits per heavy atom. The summed E-state index contributed by atoms with van der Waals surface area (Å²) >= 11 is 1.34. The highest BCUT2D eigenvalue weighted by Crippen LogP contribution is 2.28. The maximum atomic E-state index is 11.6. The molecule has 0 atom stereocenters. The summed E-state index contributed by atoms with van der Waals surface area (Å²) in [5, 5.41) is 8.55. The molecule has 7 heteroatoms. The van der Waals surface area contributed by atoms with Crippen LogP contribution in [0.15, 0.2) is 44.6 Å². The molecule has 0 saturated carbocycles. The van der Waals surface area contributed by atoms with Crippen molar-refractivity contribution < 1.29 is 18.4 Å². The number of esters is 1. The zero-order valence-corrected chi connectivity index (χ0v) is 14.3. The minimum Gasteiger partial charge on any atom is -0.463 e. The molecule has 0 aliphatic carbocycles. The van der Waals surface area contributed by atoms with Crippen LogP contribution in [0.4, 0.5) is 0 Å². The van der Waals surface area contributed by atoms with Crippen LogP contribution in [0.3, 0.4) is 0 Å². The van der Waals surface area contributed by atoms with Crippen LogP contribution in [-0.2, 0) is 10.5 Å². The number of ether oxygens (including phenoxy) is 1. The molecule has 3 aromatic rings. The number of carbonyl (C=O) groups is 1. The summed E-state index contributed by atoms with van der Waals surface area (Å²) in [5.41, 5.74) is 3.98. The van der Waals surface area contributed by atoms with Gasteiger partial charge in [0, 0.05) is 16.9 Å². The van der Waals surface area contributed by atoms with Crippen LogP contribution >= 0.6 is 11.8 Å². The van der Waals surface area contributed by atoms with E-state index < -0.39 is 5.97 Å². The second kappa shape index (κ2) is 6.92. The van der Waals surface area contributed by atoms with Crippen molar-refractivity contribution >= 4 is 17.7 Å². The van der Waals surface area contributed by atoms with Crippen LogP contribution < -0.4 is 0 Å². The van der Waals surface area contributed by atoms with E-state index >= 15 is 0 Å². The molecule has 24 heavy (non-hydrogen) atoms. The average Bonchev–Trinajstić information content (AvgIpc) is 3.23. The molecule has 2 heterocycles. The quantitative estimate of drug-likeness (QED) is 0.511. The first-order chi connectivity index (χ1) is 11.6. The van der Waals surface area contributed by atoms with Crippen LogP contribution in [-0.4, -0.2) is 23.3 Å². The highest BCUT2D eigenvalue weighted by atomic mass is 32.2. The molecule has 3 rings (SSSR count). The van der Waals surface area contributed by atoms with Crippen molar-refractivity contribution in [3.63, 3.8) is 0 Å². The Labute approximate surface area is 143 Å². The van der Waals surface area contributed by atoms with E-state index in [4.69, 9.17) is 8.83 Å². The standard InChI is InChI=1S/C17H16N2O4S/c1-10-4-5-12(8-11(10)2)15-18-19-17(23-15)24-9-13-6-7-22-14(13)16(20)21-3/h4-8H,9H2,1-3H3. The third-order valence-corrected chi connectivity index (χ3v) is 4.50. The fourth-order valence-electron chi connectivity index (χ4n) is 2.12. The fourth-order valence-corrected chi connectivity index (χ4v) is 2.86. The van der Waals surface area contributed by atoms with Crippen molar-refractivity contribution in [1.29, 1.82) is 0 Å². The van der Waals surface area contributed by atoms with Gasteiger partial charge in [-0.15, -0.1) is 10.2 Å². The predicted molar refractivity (Wildman–Crippen MR) is 88.8 cm³/mol. The van der Waals surface area contributed by atoms with Gasteiger partial charge in [-0.2, -0.15) is 0 Å². The molecule has 0 fully saturated rings. The van der Waals surface area contributed by atoms with Crippen LogP contribution in [0, 0.1) is 13.8 Å². The van der Waals surface area contributed by atoms with E-state index in [1.807, 2.05) is 25.1 Å². The Morgan fingerprint density at radius 2 is 2.04 bits per heavy atom. The number of aryl methyl sites for hydroxylation is 2. The van der Waals surface area contributed by atoms with Gasteiger partial charge in [0.2, 0.25) is 11.7 Å². The van der Waals surface area contributed by atoms with Crippen LogP contribution in [0.25, 0.3) is 11.5 Å². The lowest BCUT2D eigenvalue weighted by atomic mass is 10.1. The summed E-state index contributed by atoms with van der Waals surface area (Å²) in [4.78, 5) is 11.6. The summed E-state index contributed by atoms with van der Waals surface area (Å²) in [5.74, 6) is 0.631. The van der Waals surface area contributed by atoms with Gasteiger partial charge in [-0.3, -0.25) is 0 Å². The van der Waals surface area contributed by atoms with Crippen molar-refractivity contribution in [3.8, 4) is 11.5 Å². The first-order valence-electron chi connectivity index (χ1n) is 7.27. The van der Waals surface area contributed by atoms with Crippen LogP contribution in [0.2, 0.25) is 0 Å². The lowest BCUT2D eigenvalue weighted by Crippen LogP contribution is -2.02. The molecular weight excluding hydrogens is 328 g/mol. The molecule has 0 radical (unpaired) electrons.